The number of ether oxygens (including phenoxy) is 1. The molecular weight excluding hydrogens is 348 g/mol. The normalized spacial score (nSPS) is 16.0. The Morgan fingerprint density at radius 3 is 2.54 bits per heavy atom. The van der Waals surface area contributed by atoms with Crippen LogP contribution in [0.5, 0.6) is 5.75 Å². The lowest BCUT2D eigenvalue weighted by Gasteiger charge is -2.33. The summed E-state index contributed by atoms with van der Waals surface area (Å²) in [6, 6.07) is 19.4. The fraction of sp³-hybridized carbons (Fsp3) is 0.435. The highest BCUT2D eigenvalue weighted by Gasteiger charge is 2.20. The third kappa shape index (κ3) is 6.27. The van der Waals surface area contributed by atoms with E-state index in [9.17, 15) is 0 Å². The number of guanidine groups is 1. The fourth-order valence-electron chi connectivity index (χ4n) is 3.56. The van der Waals surface area contributed by atoms with E-state index in [1.54, 1.807) is 0 Å². The van der Waals surface area contributed by atoms with Crippen molar-refractivity contribution in [3.8, 4) is 5.75 Å². The van der Waals surface area contributed by atoms with Gasteiger partial charge in [0.05, 0.1) is 6.61 Å². The summed E-state index contributed by atoms with van der Waals surface area (Å²) in [6.07, 6.45) is 2.26. The minimum atomic E-state index is 0.466. The number of hydrogen-bond acceptors (Lipinski definition) is 3. The summed E-state index contributed by atoms with van der Waals surface area (Å²) in [7, 11) is 1.83. The van der Waals surface area contributed by atoms with Gasteiger partial charge < -0.3 is 15.4 Å². The van der Waals surface area contributed by atoms with E-state index < -0.39 is 0 Å². The summed E-state index contributed by atoms with van der Waals surface area (Å²) < 4.78 is 5.58. The second-order valence-electron chi connectivity index (χ2n) is 7.19. The van der Waals surface area contributed by atoms with E-state index in [0.717, 1.165) is 50.7 Å². The van der Waals surface area contributed by atoms with Crippen LogP contribution in [0.25, 0.3) is 0 Å². The monoisotopic (exact) mass is 380 g/mol. The summed E-state index contributed by atoms with van der Waals surface area (Å²) >= 11 is 0. The van der Waals surface area contributed by atoms with Gasteiger partial charge in [-0.1, -0.05) is 42.5 Å². The van der Waals surface area contributed by atoms with Gasteiger partial charge in [-0.25, -0.2) is 0 Å². The predicted molar refractivity (Wildman–Crippen MR) is 116 cm³/mol. The third-order valence-corrected chi connectivity index (χ3v) is 5.07. The van der Waals surface area contributed by atoms with Gasteiger partial charge in [0.2, 0.25) is 0 Å². The van der Waals surface area contributed by atoms with E-state index in [4.69, 9.17) is 4.74 Å². The van der Waals surface area contributed by atoms with Crippen molar-refractivity contribution >= 4 is 5.96 Å². The number of nitrogens with one attached hydrogen (secondary N) is 2. The topological polar surface area (TPSA) is 48.9 Å². The highest BCUT2D eigenvalue weighted by molar-refractivity contribution is 5.79. The van der Waals surface area contributed by atoms with Gasteiger partial charge in [0.1, 0.15) is 5.75 Å². The smallest absolute Gasteiger partial charge is 0.191 e. The quantitative estimate of drug-likeness (QED) is 0.571. The van der Waals surface area contributed by atoms with Gasteiger partial charge >= 0.3 is 0 Å². The lowest BCUT2D eigenvalue weighted by atomic mass is 10.0. The van der Waals surface area contributed by atoms with E-state index in [0.29, 0.717) is 12.6 Å². The molecule has 0 amide bonds. The molecule has 1 aliphatic rings. The SMILES string of the molecule is CCOc1cccc(CNC(=NC)NC2CCN(Cc3ccccc3)CC2)c1. The molecule has 0 radical (unpaired) electrons. The summed E-state index contributed by atoms with van der Waals surface area (Å²) in [5.41, 5.74) is 2.58. The molecule has 1 aliphatic heterocycles. The highest BCUT2D eigenvalue weighted by atomic mass is 16.5. The molecule has 0 spiro atoms. The molecule has 0 atom stereocenters. The molecule has 5 heteroatoms. The Balaban J connectivity index is 1.42. The van der Waals surface area contributed by atoms with Crippen LogP contribution in [0.3, 0.4) is 0 Å². The van der Waals surface area contributed by atoms with Crippen LogP contribution in [0, 0.1) is 0 Å². The van der Waals surface area contributed by atoms with Crippen molar-refractivity contribution in [2.75, 3.05) is 26.7 Å². The zero-order valence-corrected chi connectivity index (χ0v) is 17.0. The Labute approximate surface area is 168 Å². The van der Waals surface area contributed by atoms with Crippen molar-refractivity contribution in [1.29, 1.82) is 0 Å². The number of hydrogen-bond donors (Lipinski definition) is 2. The summed E-state index contributed by atoms with van der Waals surface area (Å²) in [6.45, 7) is 6.68. The van der Waals surface area contributed by atoms with Gasteiger partial charge in [0, 0.05) is 39.3 Å². The number of piperidine rings is 1. The molecule has 2 aromatic rings. The molecule has 2 N–H and O–H groups in total. The van der Waals surface area contributed by atoms with Gasteiger partial charge in [0.25, 0.3) is 0 Å². The molecule has 1 fully saturated rings. The molecule has 1 saturated heterocycles. The first kappa shape index (κ1) is 20.2. The molecule has 0 aromatic heterocycles. The molecular formula is C23H32N4O. The largest absolute Gasteiger partial charge is 0.494 e. The lowest BCUT2D eigenvalue weighted by molar-refractivity contribution is 0.198. The maximum atomic E-state index is 5.58. The van der Waals surface area contributed by atoms with Gasteiger partial charge in [-0.3, -0.25) is 9.89 Å². The molecule has 150 valence electrons. The maximum absolute atomic E-state index is 5.58. The Hall–Kier alpha value is -2.53. The molecule has 28 heavy (non-hydrogen) atoms. The van der Waals surface area contributed by atoms with Crippen molar-refractivity contribution in [3.63, 3.8) is 0 Å². The molecule has 3 rings (SSSR count). The van der Waals surface area contributed by atoms with Crippen molar-refractivity contribution in [1.82, 2.24) is 15.5 Å². The van der Waals surface area contributed by atoms with Crippen LogP contribution in [0.2, 0.25) is 0 Å². The third-order valence-electron chi connectivity index (χ3n) is 5.07. The van der Waals surface area contributed by atoms with Crippen LogP contribution >= 0.6 is 0 Å². The van der Waals surface area contributed by atoms with Gasteiger partial charge in [0.15, 0.2) is 5.96 Å². The standard InChI is InChI=1S/C23H32N4O/c1-3-28-22-11-7-10-20(16-22)17-25-23(24-2)26-21-12-14-27(15-13-21)18-19-8-5-4-6-9-19/h4-11,16,21H,3,12-15,17-18H2,1-2H3,(H2,24,25,26). The number of nitrogens with zero attached hydrogens (tertiary/aromatic N) is 2. The minimum Gasteiger partial charge on any atom is -0.494 e. The van der Waals surface area contributed by atoms with E-state index in [1.165, 1.54) is 11.1 Å². The van der Waals surface area contributed by atoms with Crippen molar-refractivity contribution in [2.45, 2.75) is 38.9 Å². The van der Waals surface area contributed by atoms with E-state index in [2.05, 4.69) is 63.0 Å². The number of likely N-dealkylation sites (tertiary alicyclic amines) is 1. The van der Waals surface area contributed by atoms with Gasteiger partial charge in [-0.2, -0.15) is 0 Å². The maximum Gasteiger partial charge on any atom is 0.191 e. The number of aliphatic imine (C=N–C) groups is 1. The van der Waals surface area contributed by atoms with E-state index >= 15 is 0 Å². The van der Waals surface area contributed by atoms with Crippen LogP contribution in [-0.2, 0) is 13.1 Å². The summed E-state index contributed by atoms with van der Waals surface area (Å²) in [5, 5.41) is 7.00. The van der Waals surface area contributed by atoms with Crippen molar-refractivity contribution in [3.05, 3.63) is 65.7 Å². The first-order chi connectivity index (χ1) is 13.8. The van der Waals surface area contributed by atoms with Crippen molar-refractivity contribution in [2.24, 2.45) is 4.99 Å². The lowest BCUT2D eigenvalue weighted by Crippen LogP contribution is -2.48. The average Bonchev–Trinajstić information content (AvgIpc) is 2.74. The zero-order valence-electron chi connectivity index (χ0n) is 17.0. The molecule has 0 unspecified atom stereocenters. The molecule has 0 aliphatic carbocycles. The van der Waals surface area contributed by atoms with Gasteiger partial charge in [-0.15, -0.1) is 0 Å². The molecule has 0 saturated carbocycles. The predicted octanol–water partition coefficient (Wildman–Crippen LogP) is 3.41. The first-order valence-corrected chi connectivity index (χ1v) is 10.2. The molecule has 2 aromatic carbocycles. The number of rotatable bonds is 7. The highest BCUT2D eigenvalue weighted by Crippen LogP contribution is 2.15. The molecule has 1 heterocycles. The number of benzene rings is 2. The van der Waals surface area contributed by atoms with Crippen LogP contribution in [0.4, 0.5) is 0 Å². The Morgan fingerprint density at radius 2 is 1.82 bits per heavy atom. The average molecular weight is 381 g/mol. The van der Waals surface area contributed by atoms with E-state index in [-0.39, 0.29) is 0 Å². The van der Waals surface area contributed by atoms with Crippen LogP contribution in [-0.4, -0.2) is 43.6 Å². The molecule has 5 nitrogen and oxygen atoms in total. The fourth-order valence-corrected chi connectivity index (χ4v) is 3.56. The van der Waals surface area contributed by atoms with Gasteiger partial charge in [-0.05, 0) is 43.0 Å². The first-order valence-electron chi connectivity index (χ1n) is 10.2. The Kier molecular flexibility index (Phi) is 7.73. The summed E-state index contributed by atoms with van der Waals surface area (Å²) in [5.74, 6) is 1.78. The van der Waals surface area contributed by atoms with E-state index in [1.807, 2.05) is 26.1 Å². The molecule has 0 bridgehead atoms. The van der Waals surface area contributed by atoms with Crippen molar-refractivity contribution < 1.29 is 4.74 Å². The van der Waals surface area contributed by atoms with Crippen LogP contribution < -0.4 is 15.4 Å². The Morgan fingerprint density at radius 1 is 1.07 bits per heavy atom. The second-order valence-corrected chi connectivity index (χ2v) is 7.19. The summed E-state index contributed by atoms with van der Waals surface area (Å²) in [4.78, 5) is 6.92. The Bertz CT molecular complexity index is 739. The zero-order chi connectivity index (χ0) is 19.6. The minimum absolute atomic E-state index is 0.466. The van der Waals surface area contributed by atoms with Crippen LogP contribution in [0.1, 0.15) is 30.9 Å². The van der Waals surface area contributed by atoms with Crippen LogP contribution in [0.15, 0.2) is 59.6 Å². The second kappa shape index (κ2) is 10.7.